The molecular formula is C19H31ClN2O3. The molecule has 0 radical (unpaired) electrons. The third-order valence-electron chi connectivity index (χ3n) is 4.96. The highest BCUT2D eigenvalue weighted by Gasteiger charge is 2.23. The first-order valence-electron chi connectivity index (χ1n) is 8.70. The van der Waals surface area contributed by atoms with Gasteiger partial charge in [-0.05, 0) is 49.9 Å². The van der Waals surface area contributed by atoms with Crippen LogP contribution in [0.1, 0.15) is 31.7 Å². The van der Waals surface area contributed by atoms with Crippen molar-refractivity contribution in [3.8, 4) is 11.5 Å². The van der Waals surface area contributed by atoms with Crippen molar-refractivity contribution in [1.29, 1.82) is 0 Å². The number of methoxy groups -OCH3 is 2. The normalized spacial score (nSPS) is 18.0. The van der Waals surface area contributed by atoms with Gasteiger partial charge in [0.05, 0.1) is 14.2 Å². The van der Waals surface area contributed by atoms with Crippen LogP contribution in [0.15, 0.2) is 18.2 Å². The zero-order valence-electron chi connectivity index (χ0n) is 15.7. The van der Waals surface area contributed by atoms with Crippen LogP contribution >= 0.6 is 12.4 Å². The number of nitrogens with one attached hydrogen (secondary N) is 1. The van der Waals surface area contributed by atoms with Crippen LogP contribution in [0.2, 0.25) is 0 Å². The van der Waals surface area contributed by atoms with Crippen LogP contribution in [0.5, 0.6) is 11.5 Å². The number of carbonyl (C=O) groups is 1. The Hall–Kier alpha value is -1.46. The van der Waals surface area contributed by atoms with Gasteiger partial charge in [-0.15, -0.1) is 12.4 Å². The van der Waals surface area contributed by atoms with Crippen molar-refractivity contribution in [2.45, 2.75) is 32.7 Å². The van der Waals surface area contributed by atoms with Crippen LogP contribution in [-0.4, -0.2) is 45.2 Å². The highest BCUT2D eigenvalue weighted by atomic mass is 35.5. The van der Waals surface area contributed by atoms with E-state index in [2.05, 4.69) is 12.2 Å². The molecule has 0 aliphatic carbocycles. The third-order valence-corrected chi connectivity index (χ3v) is 4.96. The van der Waals surface area contributed by atoms with Crippen LogP contribution in [0.25, 0.3) is 0 Å². The predicted molar refractivity (Wildman–Crippen MR) is 103 cm³/mol. The molecule has 2 rings (SSSR count). The zero-order valence-corrected chi connectivity index (χ0v) is 16.5. The summed E-state index contributed by atoms with van der Waals surface area (Å²) in [6.07, 6.45) is 3.03. The molecule has 2 atom stereocenters. The summed E-state index contributed by atoms with van der Waals surface area (Å²) in [7, 11) is 5.13. The minimum absolute atomic E-state index is 0. The molecule has 6 heteroatoms. The van der Waals surface area contributed by atoms with Gasteiger partial charge in [0.15, 0.2) is 0 Å². The lowest BCUT2D eigenvalue weighted by Gasteiger charge is -2.29. The molecular weight excluding hydrogens is 340 g/mol. The van der Waals surface area contributed by atoms with E-state index >= 15 is 0 Å². The van der Waals surface area contributed by atoms with Crippen molar-refractivity contribution in [2.24, 2.45) is 11.8 Å². The van der Waals surface area contributed by atoms with E-state index < -0.39 is 0 Å². The molecule has 0 bridgehead atoms. The quantitative estimate of drug-likeness (QED) is 0.801. The first-order valence-corrected chi connectivity index (χ1v) is 8.70. The molecule has 1 heterocycles. The summed E-state index contributed by atoms with van der Waals surface area (Å²) in [5.74, 6) is 2.70. The summed E-state index contributed by atoms with van der Waals surface area (Å²) in [5, 5.41) is 3.43. The first kappa shape index (κ1) is 21.6. The fraction of sp³-hybridized carbons (Fsp3) is 0.632. The van der Waals surface area contributed by atoms with Crippen molar-refractivity contribution in [3.63, 3.8) is 0 Å². The number of carbonyl (C=O) groups excluding carboxylic acids is 1. The maximum Gasteiger partial charge on any atom is 0.222 e. The Morgan fingerprint density at radius 1 is 1.36 bits per heavy atom. The molecule has 1 fully saturated rings. The van der Waals surface area contributed by atoms with E-state index in [0.717, 1.165) is 30.2 Å². The van der Waals surface area contributed by atoms with Gasteiger partial charge < -0.3 is 19.7 Å². The molecule has 1 amide bonds. The number of benzene rings is 1. The Morgan fingerprint density at radius 3 is 2.72 bits per heavy atom. The number of rotatable bonds is 7. The molecule has 1 saturated heterocycles. The topological polar surface area (TPSA) is 50.8 Å². The van der Waals surface area contributed by atoms with Crippen LogP contribution in [0.3, 0.4) is 0 Å². The van der Waals surface area contributed by atoms with Crippen molar-refractivity contribution < 1.29 is 14.3 Å². The summed E-state index contributed by atoms with van der Waals surface area (Å²) in [6, 6.07) is 5.70. The second-order valence-corrected chi connectivity index (χ2v) is 6.72. The Kier molecular flexibility index (Phi) is 9.08. The molecule has 0 saturated carbocycles. The van der Waals surface area contributed by atoms with E-state index in [9.17, 15) is 4.79 Å². The van der Waals surface area contributed by atoms with Crippen LogP contribution < -0.4 is 14.8 Å². The second kappa shape index (κ2) is 10.5. The highest BCUT2D eigenvalue weighted by Crippen LogP contribution is 2.27. The summed E-state index contributed by atoms with van der Waals surface area (Å²) in [6.45, 7) is 4.87. The van der Waals surface area contributed by atoms with Gasteiger partial charge in [0, 0.05) is 31.6 Å². The van der Waals surface area contributed by atoms with Crippen molar-refractivity contribution in [1.82, 2.24) is 10.2 Å². The van der Waals surface area contributed by atoms with Crippen LogP contribution in [0, 0.1) is 11.8 Å². The molecule has 1 aromatic rings. The summed E-state index contributed by atoms with van der Waals surface area (Å²) in [5.41, 5.74) is 0.987. The van der Waals surface area contributed by atoms with Gasteiger partial charge in [-0.3, -0.25) is 4.79 Å². The van der Waals surface area contributed by atoms with Gasteiger partial charge in [0.25, 0.3) is 0 Å². The van der Waals surface area contributed by atoms with E-state index in [-0.39, 0.29) is 18.3 Å². The van der Waals surface area contributed by atoms with Crippen molar-refractivity contribution in [2.75, 3.05) is 34.4 Å². The predicted octanol–water partition coefficient (Wildman–Crippen LogP) is 3.11. The fourth-order valence-electron chi connectivity index (χ4n) is 3.29. The Balaban J connectivity index is 0.00000312. The van der Waals surface area contributed by atoms with E-state index in [4.69, 9.17) is 9.47 Å². The lowest BCUT2D eigenvalue weighted by Crippen LogP contribution is -2.36. The zero-order chi connectivity index (χ0) is 17.5. The number of nitrogens with zero attached hydrogens (tertiary/aromatic N) is 1. The Labute approximate surface area is 157 Å². The molecule has 1 N–H and O–H groups in total. The highest BCUT2D eigenvalue weighted by molar-refractivity contribution is 5.85. The fourth-order valence-corrected chi connectivity index (χ4v) is 3.29. The van der Waals surface area contributed by atoms with Gasteiger partial charge in [-0.1, -0.05) is 6.92 Å². The number of piperidine rings is 1. The van der Waals surface area contributed by atoms with Crippen LogP contribution in [-0.2, 0) is 11.3 Å². The van der Waals surface area contributed by atoms with Crippen molar-refractivity contribution >= 4 is 18.3 Å². The molecule has 142 valence electrons. The molecule has 2 unspecified atom stereocenters. The number of ether oxygens (including phenoxy) is 2. The number of hydrogen-bond acceptors (Lipinski definition) is 4. The summed E-state index contributed by atoms with van der Waals surface area (Å²) in [4.78, 5) is 14.4. The van der Waals surface area contributed by atoms with E-state index in [1.807, 2.05) is 25.2 Å². The minimum atomic E-state index is 0. The Morgan fingerprint density at radius 2 is 2.12 bits per heavy atom. The van der Waals surface area contributed by atoms with Gasteiger partial charge in [-0.25, -0.2) is 0 Å². The van der Waals surface area contributed by atoms with E-state index in [1.54, 1.807) is 19.1 Å². The monoisotopic (exact) mass is 370 g/mol. The molecule has 25 heavy (non-hydrogen) atoms. The molecule has 1 aliphatic heterocycles. The maximum atomic E-state index is 12.6. The smallest absolute Gasteiger partial charge is 0.222 e. The molecule has 0 aromatic heterocycles. The first-order chi connectivity index (χ1) is 11.5. The van der Waals surface area contributed by atoms with Gasteiger partial charge in [0.2, 0.25) is 5.91 Å². The maximum absolute atomic E-state index is 12.6. The van der Waals surface area contributed by atoms with Crippen LogP contribution in [0.4, 0.5) is 0 Å². The molecule has 5 nitrogen and oxygen atoms in total. The van der Waals surface area contributed by atoms with Gasteiger partial charge in [0.1, 0.15) is 11.5 Å². The SMILES string of the molecule is COc1ccc(CN(C)C(=O)CC(C)C2CCCNC2)c(OC)c1.Cl. The molecule has 0 spiro atoms. The lowest BCUT2D eigenvalue weighted by atomic mass is 9.85. The lowest BCUT2D eigenvalue weighted by molar-refractivity contribution is -0.131. The molecule has 1 aromatic carbocycles. The van der Waals surface area contributed by atoms with Gasteiger partial charge >= 0.3 is 0 Å². The second-order valence-electron chi connectivity index (χ2n) is 6.72. The largest absolute Gasteiger partial charge is 0.497 e. The Bertz CT molecular complexity index is 547. The minimum Gasteiger partial charge on any atom is -0.497 e. The number of amides is 1. The van der Waals surface area contributed by atoms with Crippen molar-refractivity contribution in [3.05, 3.63) is 23.8 Å². The third kappa shape index (κ3) is 6.08. The average Bonchev–Trinajstić information content (AvgIpc) is 2.62. The summed E-state index contributed by atoms with van der Waals surface area (Å²) < 4.78 is 10.6. The number of hydrogen-bond donors (Lipinski definition) is 1. The average molecular weight is 371 g/mol. The van der Waals surface area contributed by atoms with E-state index in [0.29, 0.717) is 24.8 Å². The van der Waals surface area contributed by atoms with Gasteiger partial charge in [-0.2, -0.15) is 0 Å². The van der Waals surface area contributed by atoms with E-state index in [1.165, 1.54) is 12.8 Å². The standard InChI is InChI=1S/C19H30N2O3.ClH/c1-14(15-6-5-9-20-12-15)10-19(22)21(2)13-16-7-8-17(23-3)11-18(16)24-4;/h7-8,11,14-15,20H,5-6,9-10,12-13H2,1-4H3;1H. The molecule has 1 aliphatic rings. The summed E-state index contributed by atoms with van der Waals surface area (Å²) >= 11 is 0. The number of halogens is 1.